The molecule has 0 fully saturated rings. The Morgan fingerprint density at radius 3 is 2.73 bits per heavy atom. The lowest BCUT2D eigenvalue weighted by Crippen LogP contribution is -2.48. The number of para-hydroxylation sites is 1. The van der Waals surface area contributed by atoms with Gasteiger partial charge < -0.3 is 19.8 Å². The Balaban J connectivity index is 2.22. The van der Waals surface area contributed by atoms with Crippen LogP contribution in [0.4, 0.5) is 5.69 Å². The molecular formula is C19H15N3O4. The van der Waals surface area contributed by atoms with Crippen LogP contribution in [0.25, 0.3) is 0 Å². The van der Waals surface area contributed by atoms with E-state index in [-0.39, 0.29) is 22.8 Å². The fourth-order valence-corrected chi connectivity index (χ4v) is 3.87. The minimum atomic E-state index is -1.66. The largest absolute Gasteiger partial charge is 0.440 e. The lowest BCUT2D eigenvalue weighted by atomic mass is 9.69. The molecule has 0 unspecified atom stereocenters. The number of hydrogen-bond acceptors (Lipinski definition) is 6. The van der Waals surface area contributed by atoms with E-state index in [4.69, 9.17) is 14.9 Å². The first-order valence-electron chi connectivity index (χ1n) is 8.11. The average Bonchev–Trinajstić information content (AvgIpc) is 2.84. The van der Waals surface area contributed by atoms with Crippen LogP contribution in [0.2, 0.25) is 0 Å². The van der Waals surface area contributed by atoms with E-state index in [1.807, 2.05) is 13.0 Å². The Kier molecular flexibility index (Phi) is 3.21. The zero-order chi connectivity index (χ0) is 18.6. The predicted octanol–water partition coefficient (Wildman–Crippen LogP) is 1.69. The monoisotopic (exact) mass is 349 g/mol. The number of rotatable bonds is 1. The standard InChI is InChI=1S/C19H15N3O4/c1-3-22-13-7-5-4-6-11(13)19(18(22)24)12(9-20)16(21)26-14-8-10(2)25-17(23)15(14)19/h4-8H,3,21H2,1-2H3/t19-/m1/s1. The second-order valence-electron chi connectivity index (χ2n) is 6.15. The molecule has 2 aliphatic rings. The van der Waals surface area contributed by atoms with E-state index in [2.05, 4.69) is 0 Å². The third kappa shape index (κ3) is 1.70. The molecule has 0 saturated heterocycles. The first kappa shape index (κ1) is 16.0. The van der Waals surface area contributed by atoms with E-state index in [9.17, 15) is 14.9 Å². The number of benzene rings is 1. The molecule has 7 nitrogen and oxygen atoms in total. The molecule has 7 heteroatoms. The van der Waals surface area contributed by atoms with Crippen molar-refractivity contribution in [1.82, 2.24) is 0 Å². The summed E-state index contributed by atoms with van der Waals surface area (Å²) in [5.41, 5.74) is 4.66. The molecule has 2 aromatic rings. The van der Waals surface area contributed by atoms with Crippen LogP contribution in [0.15, 0.2) is 51.0 Å². The first-order chi connectivity index (χ1) is 12.5. The summed E-state index contributed by atoms with van der Waals surface area (Å²) in [5.74, 6) is -0.146. The smallest absolute Gasteiger partial charge is 0.344 e. The Morgan fingerprint density at radius 2 is 2.04 bits per heavy atom. The highest BCUT2D eigenvalue weighted by Crippen LogP contribution is 2.53. The number of nitrogens with zero attached hydrogens (tertiary/aromatic N) is 2. The lowest BCUT2D eigenvalue weighted by molar-refractivity contribution is -0.121. The van der Waals surface area contributed by atoms with Crippen molar-refractivity contribution >= 4 is 11.6 Å². The van der Waals surface area contributed by atoms with E-state index in [0.29, 0.717) is 23.6 Å². The molecule has 1 aromatic heterocycles. The van der Waals surface area contributed by atoms with Crippen molar-refractivity contribution in [2.75, 3.05) is 11.4 Å². The topological polar surface area (TPSA) is 110 Å². The predicted molar refractivity (Wildman–Crippen MR) is 92.4 cm³/mol. The summed E-state index contributed by atoms with van der Waals surface area (Å²) in [7, 11) is 0. The summed E-state index contributed by atoms with van der Waals surface area (Å²) >= 11 is 0. The van der Waals surface area contributed by atoms with Gasteiger partial charge >= 0.3 is 5.63 Å². The number of fused-ring (bicyclic) bond motifs is 4. The van der Waals surface area contributed by atoms with Gasteiger partial charge in [0.05, 0.1) is 0 Å². The van der Waals surface area contributed by atoms with E-state index in [1.165, 1.54) is 11.0 Å². The molecule has 0 radical (unpaired) electrons. The van der Waals surface area contributed by atoms with Gasteiger partial charge in [0.2, 0.25) is 11.8 Å². The number of anilines is 1. The third-order valence-corrected chi connectivity index (χ3v) is 4.85. The van der Waals surface area contributed by atoms with Crippen LogP contribution >= 0.6 is 0 Å². The van der Waals surface area contributed by atoms with Gasteiger partial charge in [0.25, 0.3) is 0 Å². The van der Waals surface area contributed by atoms with E-state index in [1.54, 1.807) is 31.2 Å². The van der Waals surface area contributed by atoms with Gasteiger partial charge in [-0.25, -0.2) is 4.79 Å². The van der Waals surface area contributed by atoms with E-state index >= 15 is 0 Å². The van der Waals surface area contributed by atoms with Crippen molar-refractivity contribution in [3.05, 3.63) is 69.1 Å². The molecule has 0 bridgehead atoms. The van der Waals surface area contributed by atoms with Crippen molar-refractivity contribution in [1.29, 1.82) is 5.26 Å². The number of likely N-dealkylation sites (N-methyl/N-ethyl adjacent to an activating group) is 1. The molecule has 3 heterocycles. The Bertz CT molecular complexity index is 1090. The number of nitrogens with two attached hydrogens (primary N) is 1. The maximum atomic E-state index is 13.5. The number of carbonyl (C=O) groups excluding carboxylic acids is 1. The van der Waals surface area contributed by atoms with E-state index in [0.717, 1.165) is 0 Å². The molecular weight excluding hydrogens is 334 g/mol. The Morgan fingerprint density at radius 1 is 1.31 bits per heavy atom. The quantitative estimate of drug-likeness (QED) is 0.839. The lowest BCUT2D eigenvalue weighted by Gasteiger charge is -2.33. The second-order valence-corrected chi connectivity index (χ2v) is 6.15. The van der Waals surface area contributed by atoms with Crippen molar-refractivity contribution in [2.45, 2.75) is 19.3 Å². The van der Waals surface area contributed by atoms with Gasteiger partial charge in [0, 0.05) is 23.9 Å². The fraction of sp³-hybridized carbons (Fsp3) is 0.211. The van der Waals surface area contributed by atoms with Crippen LogP contribution in [-0.2, 0) is 10.2 Å². The molecule has 0 aliphatic carbocycles. The molecule has 26 heavy (non-hydrogen) atoms. The highest BCUT2D eigenvalue weighted by Gasteiger charge is 2.60. The number of amides is 1. The van der Waals surface area contributed by atoms with Gasteiger partial charge in [0.1, 0.15) is 28.7 Å². The van der Waals surface area contributed by atoms with Crippen LogP contribution in [0.5, 0.6) is 5.75 Å². The fourth-order valence-electron chi connectivity index (χ4n) is 3.87. The van der Waals surface area contributed by atoms with Crippen LogP contribution in [0.1, 0.15) is 23.8 Å². The van der Waals surface area contributed by atoms with Gasteiger partial charge in [-0.05, 0) is 19.9 Å². The maximum Gasteiger partial charge on any atom is 0.344 e. The van der Waals surface area contributed by atoms with Crippen molar-refractivity contribution in [2.24, 2.45) is 5.73 Å². The van der Waals surface area contributed by atoms with Crippen molar-refractivity contribution in [3.8, 4) is 11.8 Å². The van der Waals surface area contributed by atoms with Crippen molar-refractivity contribution in [3.63, 3.8) is 0 Å². The van der Waals surface area contributed by atoms with Crippen LogP contribution in [-0.4, -0.2) is 12.5 Å². The summed E-state index contributed by atoms with van der Waals surface area (Å²) in [6, 6.07) is 10.5. The molecule has 0 saturated carbocycles. The van der Waals surface area contributed by atoms with Crippen molar-refractivity contribution < 1.29 is 13.9 Å². The Labute approximate surface area is 148 Å². The molecule has 1 aromatic carbocycles. The summed E-state index contributed by atoms with van der Waals surface area (Å²) in [5, 5.41) is 9.79. The zero-order valence-corrected chi connectivity index (χ0v) is 14.2. The van der Waals surface area contributed by atoms with Crippen LogP contribution in [0, 0.1) is 18.3 Å². The number of nitriles is 1. The van der Waals surface area contributed by atoms with Gasteiger partial charge in [-0.3, -0.25) is 4.79 Å². The Hall–Kier alpha value is -3.53. The SMILES string of the molecule is CCN1C(=O)[C@@]2(C(C#N)=C(N)Oc3cc(C)oc(=O)c32)c2ccccc21. The van der Waals surface area contributed by atoms with Gasteiger partial charge in [-0.15, -0.1) is 0 Å². The van der Waals surface area contributed by atoms with Crippen LogP contribution in [0.3, 0.4) is 0 Å². The summed E-state index contributed by atoms with van der Waals surface area (Å²) in [6.45, 7) is 3.80. The zero-order valence-electron chi connectivity index (χ0n) is 14.2. The molecule has 1 spiro atoms. The van der Waals surface area contributed by atoms with Gasteiger partial charge in [-0.2, -0.15) is 5.26 Å². The normalized spacial score (nSPS) is 20.7. The number of hydrogen-bond donors (Lipinski definition) is 1. The summed E-state index contributed by atoms with van der Waals surface area (Å²) in [6.07, 6.45) is 0. The minimum Gasteiger partial charge on any atom is -0.440 e. The molecule has 130 valence electrons. The van der Waals surface area contributed by atoms with Crippen LogP contribution < -0.4 is 21.0 Å². The van der Waals surface area contributed by atoms with Gasteiger partial charge in [0.15, 0.2) is 5.41 Å². The number of aryl methyl sites for hydroxylation is 1. The minimum absolute atomic E-state index is 0.0118. The molecule has 2 aliphatic heterocycles. The third-order valence-electron chi connectivity index (χ3n) is 4.85. The molecule has 4 rings (SSSR count). The summed E-state index contributed by atoms with van der Waals surface area (Å²) < 4.78 is 10.8. The second kappa shape index (κ2) is 5.23. The van der Waals surface area contributed by atoms with Gasteiger partial charge in [-0.1, -0.05) is 18.2 Å². The number of carbonyl (C=O) groups is 1. The highest BCUT2D eigenvalue weighted by atomic mass is 16.5. The molecule has 1 amide bonds. The molecule has 1 atom stereocenters. The summed E-state index contributed by atoms with van der Waals surface area (Å²) in [4.78, 5) is 27.8. The first-order valence-corrected chi connectivity index (χ1v) is 8.11. The average molecular weight is 349 g/mol. The molecule has 2 N–H and O–H groups in total. The maximum absolute atomic E-state index is 13.5. The highest BCUT2D eigenvalue weighted by molar-refractivity contribution is 6.14. The number of ether oxygens (including phenoxy) is 1. The van der Waals surface area contributed by atoms with E-state index < -0.39 is 16.9 Å².